The van der Waals surface area contributed by atoms with Crippen molar-refractivity contribution in [3.63, 3.8) is 0 Å². The molecule has 1 saturated carbocycles. The molecule has 1 N–H and O–H groups in total. The van der Waals surface area contributed by atoms with Crippen molar-refractivity contribution in [3.05, 3.63) is 65.7 Å². The van der Waals surface area contributed by atoms with Gasteiger partial charge in [0.05, 0.1) is 17.6 Å². The van der Waals surface area contributed by atoms with Crippen molar-refractivity contribution in [2.24, 2.45) is 0 Å². The number of hydrogen-bond donors (Lipinski definition) is 1. The molecule has 0 unspecified atom stereocenters. The van der Waals surface area contributed by atoms with Crippen molar-refractivity contribution in [1.29, 1.82) is 0 Å². The standard InChI is InChI=1S/C20H19N3O4/c1-13-9-10-26-19(13)20(25)27-12-18(24)21-17-11-16(14-7-8-14)22-23(17)15-5-3-2-4-6-15/h2-6,9-11,14H,7-8,12H2,1H3,(H,21,24). The van der Waals surface area contributed by atoms with E-state index in [9.17, 15) is 9.59 Å². The summed E-state index contributed by atoms with van der Waals surface area (Å²) < 4.78 is 11.8. The van der Waals surface area contributed by atoms with Gasteiger partial charge in [0.2, 0.25) is 5.76 Å². The number of nitrogens with one attached hydrogen (secondary N) is 1. The molecule has 0 atom stereocenters. The van der Waals surface area contributed by atoms with Gasteiger partial charge in [0.1, 0.15) is 5.82 Å². The summed E-state index contributed by atoms with van der Waals surface area (Å²) in [5.74, 6) is 0.00622. The number of amides is 1. The number of carbonyl (C=O) groups excluding carboxylic acids is 2. The van der Waals surface area contributed by atoms with Gasteiger partial charge in [-0.3, -0.25) is 4.79 Å². The first-order valence-corrected chi connectivity index (χ1v) is 8.78. The molecule has 0 saturated heterocycles. The van der Waals surface area contributed by atoms with Crippen LogP contribution in [0.5, 0.6) is 0 Å². The lowest BCUT2D eigenvalue weighted by Crippen LogP contribution is -2.22. The van der Waals surface area contributed by atoms with Crippen molar-refractivity contribution in [2.45, 2.75) is 25.7 Å². The lowest BCUT2D eigenvalue weighted by atomic mass is 10.3. The van der Waals surface area contributed by atoms with Gasteiger partial charge < -0.3 is 14.5 Å². The number of aromatic nitrogens is 2. The van der Waals surface area contributed by atoms with Crippen LogP contribution in [0.15, 0.2) is 53.1 Å². The summed E-state index contributed by atoms with van der Waals surface area (Å²) in [6, 6.07) is 13.1. The molecule has 3 aromatic rings. The van der Waals surface area contributed by atoms with E-state index in [1.165, 1.54) is 6.26 Å². The minimum atomic E-state index is -0.664. The van der Waals surface area contributed by atoms with Crippen LogP contribution in [0.4, 0.5) is 5.82 Å². The number of hydrogen-bond acceptors (Lipinski definition) is 5. The zero-order valence-electron chi connectivity index (χ0n) is 14.8. The van der Waals surface area contributed by atoms with E-state index in [0.717, 1.165) is 24.2 Å². The minimum absolute atomic E-state index is 0.105. The third-order valence-corrected chi connectivity index (χ3v) is 4.37. The molecule has 2 heterocycles. The Hall–Kier alpha value is -3.35. The number of para-hydroxylation sites is 1. The molecule has 0 radical (unpaired) electrons. The van der Waals surface area contributed by atoms with E-state index in [1.54, 1.807) is 17.7 Å². The van der Waals surface area contributed by atoms with Gasteiger partial charge in [-0.05, 0) is 38.0 Å². The molecule has 1 aromatic carbocycles. The van der Waals surface area contributed by atoms with Gasteiger partial charge in [-0.2, -0.15) is 5.10 Å². The molecule has 27 heavy (non-hydrogen) atoms. The number of anilines is 1. The average Bonchev–Trinajstić information content (AvgIpc) is 3.31. The molecule has 1 fully saturated rings. The van der Waals surface area contributed by atoms with E-state index < -0.39 is 18.5 Å². The predicted molar refractivity (Wildman–Crippen MR) is 97.9 cm³/mol. The van der Waals surface area contributed by atoms with Gasteiger partial charge >= 0.3 is 5.97 Å². The summed E-state index contributed by atoms with van der Waals surface area (Å²) in [5, 5.41) is 7.40. The maximum absolute atomic E-state index is 12.3. The fourth-order valence-corrected chi connectivity index (χ4v) is 2.79. The van der Waals surface area contributed by atoms with Crippen molar-refractivity contribution in [3.8, 4) is 5.69 Å². The first-order chi connectivity index (χ1) is 13.1. The molecule has 138 valence electrons. The monoisotopic (exact) mass is 365 g/mol. The number of aryl methyl sites for hydroxylation is 1. The second kappa shape index (κ2) is 7.11. The van der Waals surface area contributed by atoms with Crippen LogP contribution in [0.1, 0.15) is 40.6 Å². The van der Waals surface area contributed by atoms with Gasteiger partial charge in [0.15, 0.2) is 6.61 Å². The molecule has 0 spiro atoms. The summed E-state index contributed by atoms with van der Waals surface area (Å²) in [6.07, 6.45) is 3.63. The smallest absolute Gasteiger partial charge is 0.375 e. The zero-order chi connectivity index (χ0) is 18.8. The summed E-state index contributed by atoms with van der Waals surface area (Å²) in [6.45, 7) is 1.33. The molecule has 7 nitrogen and oxygen atoms in total. The number of carbonyl (C=O) groups is 2. The molecule has 7 heteroatoms. The van der Waals surface area contributed by atoms with E-state index in [4.69, 9.17) is 9.15 Å². The highest BCUT2D eigenvalue weighted by Crippen LogP contribution is 2.40. The molecule has 1 amide bonds. The normalized spacial score (nSPS) is 13.4. The van der Waals surface area contributed by atoms with Crippen molar-refractivity contribution in [1.82, 2.24) is 9.78 Å². The van der Waals surface area contributed by atoms with Gasteiger partial charge in [-0.1, -0.05) is 18.2 Å². The molecule has 4 rings (SSSR count). The summed E-state index contributed by atoms with van der Waals surface area (Å²) in [7, 11) is 0. The van der Waals surface area contributed by atoms with E-state index in [2.05, 4.69) is 10.4 Å². The second-order valence-electron chi connectivity index (χ2n) is 6.53. The van der Waals surface area contributed by atoms with Crippen molar-refractivity contribution < 1.29 is 18.7 Å². The van der Waals surface area contributed by atoms with E-state index in [1.807, 2.05) is 36.4 Å². The fourth-order valence-electron chi connectivity index (χ4n) is 2.79. The van der Waals surface area contributed by atoms with Crippen molar-refractivity contribution >= 4 is 17.7 Å². The molecule has 0 bridgehead atoms. The van der Waals surface area contributed by atoms with Gasteiger partial charge in [0, 0.05) is 17.5 Å². The Balaban J connectivity index is 1.46. The van der Waals surface area contributed by atoms with Crippen LogP contribution >= 0.6 is 0 Å². The Bertz CT molecular complexity index is 970. The Morgan fingerprint density at radius 1 is 1.26 bits per heavy atom. The highest BCUT2D eigenvalue weighted by Gasteiger charge is 2.28. The van der Waals surface area contributed by atoms with Crippen LogP contribution in [0.25, 0.3) is 5.69 Å². The van der Waals surface area contributed by atoms with Crippen LogP contribution in [0.3, 0.4) is 0 Å². The van der Waals surface area contributed by atoms with Crippen LogP contribution in [0.2, 0.25) is 0 Å². The van der Waals surface area contributed by atoms with Crippen LogP contribution < -0.4 is 5.32 Å². The maximum atomic E-state index is 12.3. The van der Waals surface area contributed by atoms with Crippen LogP contribution in [-0.4, -0.2) is 28.3 Å². The lowest BCUT2D eigenvalue weighted by Gasteiger charge is -2.09. The molecule has 1 aliphatic rings. The van der Waals surface area contributed by atoms with Gasteiger partial charge in [-0.15, -0.1) is 0 Å². The molecular weight excluding hydrogens is 346 g/mol. The third-order valence-electron chi connectivity index (χ3n) is 4.37. The number of benzene rings is 1. The highest BCUT2D eigenvalue weighted by atomic mass is 16.5. The molecule has 0 aliphatic heterocycles. The lowest BCUT2D eigenvalue weighted by molar-refractivity contribution is -0.119. The average molecular weight is 365 g/mol. The van der Waals surface area contributed by atoms with Crippen LogP contribution in [0, 0.1) is 6.92 Å². The Labute approximate surface area is 155 Å². The first kappa shape index (κ1) is 17.1. The largest absolute Gasteiger partial charge is 0.457 e. The number of ether oxygens (including phenoxy) is 1. The van der Waals surface area contributed by atoms with E-state index in [0.29, 0.717) is 17.3 Å². The molecular formula is C20H19N3O4. The van der Waals surface area contributed by atoms with E-state index in [-0.39, 0.29) is 5.76 Å². The van der Waals surface area contributed by atoms with Gasteiger partial charge in [-0.25, -0.2) is 9.48 Å². The topological polar surface area (TPSA) is 86.4 Å². The minimum Gasteiger partial charge on any atom is -0.457 e. The number of furan rings is 1. The Kier molecular flexibility index (Phi) is 4.50. The quantitative estimate of drug-likeness (QED) is 0.676. The van der Waals surface area contributed by atoms with Gasteiger partial charge in [0.25, 0.3) is 5.91 Å². The Morgan fingerprint density at radius 2 is 2.04 bits per heavy atom. The SMILES string of the molecule is Cc1ccoc1C(=O)OCC(=O)Nc1cc(C2CC2)nn1-c1ccccc1. The first-order valence-electron chi connectivity index (χ1n) is 8.78. The third kappa shape index (κ3) is 3.76. The second-order valence-corrected chi connectivity index (χ2v) is 6.53. The number of nitrogens with zero attached hydrogens (tertiary/aromatic N) is 2. The zero-order valence-corrected chi connectivity index (χ0v) is 14.8. The number of rotatable bonds is 6. The summed E-state index contributed by atoms with van der Waals surface area (Å²) >= 11 is 0. The Morgan fingerprint density at radius 3 is 2.70 bits per heavy atom. The maximum Gasteiger partial charge on any atom is 0.375 e. The highest BCUT2D eigenvalue weighted by molar-refractivity contribution is 5.94. The fraction of sp³-hybridized carbons (Fsp3) is 0.250. The molecule has 2 aromatic heterocycles. The van der Waals surface area contributed by atoms with Crippen molar-refractivity contribution in [2.75, 3.05) is 11.9 Å². The van der Waals surface area contributed by atoms with E-state index >= 15 is 0 Å². The number of esters is 1. The predicted octanol–water partition coefficient (Wildman–Crippen LogP) is 3.45. The molecule has 1 aliphatic carbocycles. The van der Waals surface area contributed by atoms with Crippen LogP contribution in [-0.2, 0) is 9.53 Å². The summed E-state index contributed by atoms with van der Waals surface area (Å²) in [5.41, 5.74) is 2.47. The summed E-state index contributed by atoms with van der Waals surface area (Å²) in [4.78, 5) is 24.2.